The minimum Gasteiger partial charge on any atom is -0.490 e. The maximum atomic E-state index is 9.05. The van der Waals surface area contributed by atoms with Crippen LogP contribution in [0.5, 0.6) is 11.5 Å². The molecule has 3 aromatic rings. The highest BCUT2D eigenvalue weighted by Gasteiger charge is 2.25. The number of ether oxygens (including phenoxy) is 3. The van der Waals surface area contributed by atoms with Gasteiger partial charge in [0.05, 0.1) is 25.3 Å². The maximum absolute atomic E-state index is 9.05. The van der Waals surface area contributed by atoms with E-state index in [1.54, 1.807) is 6.20 Å². The highest BCUT2D eigenvalue weighted by Crippen LogP contribution is 2.37. The standard InChI is InChI=1S/C31H38N4O5/c1-3-24-6-4-7-25(20-24)33-28-8-11-32-29-22-30(38-17-5-12-34-15-18-37-19-16-34)31(21-27(28)29)39-26-9-13-35(14-10-26)23(2)40-36/h1,4,6-8,11,20-23,26,36H,5,9-10,12-19H2,2H3,(H,32,33). The fourth-order valence-corrected chi connectivity index (χ4v) is 5.21. The number of anilines is 2. The molecule has 2 fully saturated rings. The molecule has 0 amide bonds. The van der Waals surface area contributed by atoms with E-state index in [-0.39, 0.29) is 12.3 Å². The molecule has 9 nitrogen and oxygen atoms in total. The molecule has 0 spiro atoms. The van der Waals surface area contributed by atoms with Gasteiger partial charge in [-0.2, -0.15) is 0 Å². The third kappa shape index (κ3) is 7.22. The average Bonchev–Trinajstić information content (AvgIpc) is 3.00. The fourth-order valence-electron chi connectivity index (χ4n) is 5.21. The van der Waals surface area contributed by atoms with Crippen LogP contribution in [0.1, 0.15) is 31.7 Å². The summed E-state index contributed by atoms with van der Waals surface area (Å²) < 4.78 is 18.4. The molecule has 1 atom stereocenters. The number of likely N-dealkylation sites (tertiary alicyclic amines) is 1. The first-order chi connectivity index (χ1) is 19.6. The summed E-state index contributed by atoms with van der Waals surface area (Å²) in [5.74, 6) is 4.09. The first-order valence-corrected chi connectivity index (χ1v) is 14.0. The summed E-state index contributed by atoms with van der Waals surface area (Å²) in [5, 5.41) is 13.5. The Balaban J connectivity index is 1.35. The highest BCUT2D eigenvalue weighted by atomic mass is 17.1. The molecule has 0 bridgehead atoms. The number of benzene rings is 2. The Morgan fingerprint density at radius 2 is 1.95 bits per heavy atom. The minimum absolute atomic E-state index is 0.0238. The molecule has 0 saturated carbocycles. The first-order valence-electron chi connectivity index (χ1n) is 14.0. The number of hydrogen-bond acceptors (Lipinski definition) is 9. The Hall–Kier alpha value is -3.39. The quantitative estimate of drug-likeness (QED) is 0.153. The topological polar surface area (TPSA) is 88.6 Å². The summed E-state index contributed by atoms with van der Waals surface area (Å²) in [6.45, 7) is 8.46. The molecule has 3 heterocycles. The number of hydrogen-bond donors (Lipinski definition) is 2. The molecule has 9 heteroatoms. The van der Waals surface area contributed by atoms with E-state index in [2.05, 4.69) is 30.9 Å². The van der Waals surface area contributed by atoms with Gasteiger partial charge >= 0.3 is 0 Å². The average molecular weight is 547 g/mol. The maximum Gasteiger partial charge on any atom is 0.163 e. The zero-order valence-corrected chi connectivity index (χ0v) is 23.1. The van der Waals surface area contributed by atoms with Crippen molar-refractivity contribution < 1.29 is 24.4 Å². The van der Waals surface area contributed by atoms with Gasteiger partial charge in [0.15, 0.2) is 11.5 Å². The van der Waals surface area contributed by atoms with Crippen LogP contribution in [0.2, 0.25) is 0 Å². The molecule has 2 aromatic carbocycles. The van der Waals surface area contributed by atoms with Crippen LogP contribution < -0.4 is 14.8 Å². The molecule has 1 unspecified atom stereocenters. The van der Waals surface area contributed by atoms with Crippen molar-refractivity contribution in [3.63, 3.8) is 0 Å². The van der Waals surface area contributed by atoms with Crippen LogP contribution in [0.4, 0.5) is 11.4 Å². The number of nitrogens with zero attached hydrogens (tertiary/aromatic N) is 3. The van der Waals surface area contributed by atoms with Crippen LogP contribution in [0.3, 0.4) is 0 Å². The van der Waals surface area contributed by atoms with Crippen molar-refractivity contribution in [3.05, 3.63) is 54.2 Å². The second kappa shape index (κ2) is 13.8. The van der Waals surface area contributed by atoms with E-state index in [0.717, 1.165) is 93.0 Å². The zero-order valence-electron chi connectivity index (χ0n) is 23.1. The highest BCUT2D eigenvalue weighted by molar-refractivity contribution is 5.95. The number of terminal acetylenes is 1. The third-order valence-electron chi connectivity index (χ3n) is 7.53. The van der Waals surface area contributed by atoms with Crippen molar-refractivity contribution in [1.82, 2.24) is 14.8 Å². The third-order valence-corrected chi connectivity index (χ3v) is 7.53. The van der Waals surface area contributed by atoms with Crippen LogP contribution in [0.15, 0.2) is 48.7 Å². The number of morpholine rings is 1. The largest absolute Gasteiger partial charge is 0.490 e. The number of aromatic nitrogens is 1. The van der Waals surface area contributed by atoms with Gasteiger partial charge in [0, 0.05) is 67.3 Å². The predicted octanol–water partition coefficient (Wildman–Crippen LogP) is 4.74. The molecule has 212 valence electrons. The van der Waals surface area contributed by atoms with Gasteiger partial charge in [-0.25, -0.2) is 4.89 Å². The van der Waals surface area contributed by atoms with Crippen LogP contribution in [0, 0.1) is 12.3 Å². The van der Waals surface area contributed by atoms with Gasteiger partial charge in [-0.3, -0.25) is 20.0 Å². The number of pyridine rings is 1. The Kier molecular flexibility index (Phi) is 9.71. The number of rotatable bonds is 11. The molecule has 2 N–H and O–H groups in total. The summed E-state index contributed by atoms with van der Waals surface area (Å²) in [7, 11) is 0. The van der Waals surface area contributed by atoms with Crippen LogP contribution >= 0.6 is 0 Å². The van der Waals surface area contributed by atoms with E-state index in [1.807, 2.05) is 49.4 Å². The lowest BCUT2D eigenvalue weighted by Crippen LogP contribution is -2.43. The van der Waals surface area contributed by atoms with Gasteiger partial charge in [0.25, 0.3) is 0 Å². The van der Waals surface area contributed by atoms with E-state index in [9.17, 15) is 0 Å². The van der Waals surface area contributed by atoms with Crippen LogP contribution in [-0.2, 0) is 9.62 Å². The summed E-state index contributed by atoms with van der Waals surface area (Å²) >= 11 is 0. The summed E-state index contributed by atoms with van der Waals surface area (Å²) in [4.78, 5) is 13.7. The Morgan fingerprint density at radius 1 is 1.12 bits per heavy atom. The van der Waals surface area contributed by atoms with Gasteiger partial charge in [-0.05, 0) is 56.5 Å². The zero-order chi connectivity index (χ0) is 27.7. The fraction of sp³-hybridized carbons (Fsp3) is 0.452. The Labute approximate surface area is 235 Å². The second-order valence-corrected chi connectivity index (χ2v) is 10.2. The van der Waals surface area contributed by atoms with Gasteiger partial charge in [0.1, 0.15) is 12.3 Å². The number of fused-ring (bicyclic) bond motifs is 1. The van der Waals surface area contributed by atoms with E-state index >= 15 is 0 Å². The molecule has 5 rings (SSSR count). The first kappa shape index (κ1) is 28.1. The molecule has 2 saturated heterocycles. The van der Waals surface area contributed by atoms with E-state index in [1.165, 1.54) is 0 Å². The molecular formula is C31H38N4O5. The van der Waals surface area contributed by atoms with E-state index < -0.39 is 0 Å². The molecule has 1 aromatic heterocycles. The van der Waals surface area contributed by atoms with E-state index in [0.29, 0.717) is 18.1 Å². The lowest BCUT2D eigenvalue weighted by atomic mass is 10.1. The smallest absolute Gasteiger partial charge is 0.163 e. The van der Waals surface area contributed by atoms with Gasteiger partial charge in [-0.1, -0.05) is 12.0 Å². The van der Waals surface area contributed by atoms with Crippen molar-refractivity contribution in [1.29, 1.82) is 0 Å². The molecule has 2 aliphatic heterocycles. The van der Waals surface area contributed by atoms with Crippen LogP contribution in [-0.4, -0.2) is 84.9 Å². The van der Waals surface area contributed by atoms with Gasteiger partial charge in [-0.15, -0.1) is 6.42 Å². The van der Waals surface area contributed by atoms with Crippen molar-refractivity contribution in [2.24, 2.45) is 0 Å². The molecule has 0 radical (unpaired) electrons. The van der Waals surface area contributed by atoms with Crippen molar-refractivity contribution in [2.45, 2.75) is 38.5 Å². The summed E-state index contributed by atoms with van der Waals surface area (Å²) in [6.07, 6.45) is 9.63. The second-order valence-electron chi connectivity index (χ2n) is 10.2. The monoisotopic (exact) mass is 546 g/mol. The molecule has 2 aliphatic rings. The Bertz CT molecular complexity index is 1300. The SMILES string of the molecule is C#Cc1cccc(Nc2ccnc3cc(OCCCN4CCOCC4)c(OC4CCN(C(C)OO)CC4)cc23)c1. The van der Waals surface area contributed by atoms with Crippen LogP contribution in [0.25, 0.3) is 10.9 Å². The van der Waals surface area contributed by atoms with Gasteiger partial charge in [0.2, 0.25) is 0 Å². The Morgan fingerprint density at radius 3 is 2.73 bits per heavy atom. The normalized spacial score (nSPS) is 17.8. The lowest BCUT2D eigenvalue weighted by molar-refractivity contribution is -0.309. The van der Waals surface area contributed by atoms with Crippen molar-refractivity contribution >= 4 is 22.3 Å². The molecule has 40 heavy (non-hydrogen) atoms. The van der Waals surface area contributed by atoms with E-state index in [4.69, 9.17) is 25.9 Å². The minimum atomic E-state index is -0.334. The summed E-state index contributed by atoms with van der Waals surface area (Å²) in [5.41, 5.74) is 3.44. The number of nitrogens with one attached hydrogen (secondary N) is 1. The lowest BCUT2D eigenvalue weighted by Gasteiger charge is -2.34. The summed E-state index contributed by atoms with van der Waals surface area (Å²) in [6, 6.07) is 13.7. The van der Waals surface area contributed by atoms with Crippen molar-refractivity contribution in [3.8, 4) is 23.8 Å². The number of piperidine rings is 1. The molecular weight excluding hydrogens is 508 g/mol. The van der Waals surface area contributed by atoms with Gasteiger partial charge < -0.3 is 19.5 Å². The molecule has 0 aliphatic carbocycles. The predicted molar refractivity (Wildman–Crippen MR) is 155 cm³/mol. The van der Waals surface area contributed by atoms with Crippen molar-refractivity contribution in [2.75, 3.05) is 57.9 Å².